The molecule has 1 aromatic rings. The first kappa shape index (κ1) is 14.0. The highest BCUT2D eigenvalue weighted by Crippen LogP contribution is 2.09. The molecule has 1 aromatic heterocycles. The highest BCUT2D eigenvalue weighted by Gasteiger charge is 2.18. The van der Waals surface area contributed by atoms with Crippen LogP contribution in [0, 0.1) is 0 Å². The summed E-state index contributed by atoms with van der Waals surface area (Å²) in [6, 6.07) is 2.30. The van der Waals surface area contributed by atoms with Crippen LogP contribution >= 0.6 is 0 Å². The maximum absolute atomic E-state index is 11.9. The Balaban J connectivity index is 2.84. The van der Waals surface area contributed by atoms with Crippen LogP contribution in [0.25, 0.3) is 0 Å². The average Bonchev–Trinajstić information content (AvgIpc) is 2.35. The SMILES string of the molecule is CC[C@H](NC(=O)c1ccnc(N(C)C)c1)C(=O)O. The van der Waals surface area contributed by atoms with Gasteiger partial charge in [0, 0.05) is 25.9 Å². The number of rotatable bonds is 5. The van der Waals surface area contributed by atoms with Crippen molar-refractivity contribution in [3.05, 3.63) is 23.9 Å². The summed E-state index contributed by atoms with van der Waals surface area (Å²) >= 11 is 0. The normalized spacial score (nSPS) is 11.7. The van der Waals surface area contributed by atoms with Gasteiger partial charge >= 0.3 is 5.97 Å². The molecule has 1 atom stereocenters. The number of hydrogen-bond donors (Lipinski definition) is 2. The molecule has 0 aliphatic heterocycles. The molecule has 0 bridgehead atoms. The minimum atomic E-state index is -1.03. The van der Waals surface area contributed by atoms with Crippen LogP contribution in [0.3, 0.4) is 0 Å². The molecule has 0 unspecified atom stereocenters. The Morgan fingerprint density at radius 3 is 2.67 bits per heavy atom. The highest BCUT2D eigenvalue weighted by atomic mass is 16.4. The molecule has 6 nitrogen and oxygen atoms in total. The number of carbonyl (C=O) groups is 2. The first-order valence-electron chi connectivity index (χ1n) is 5.62. The van der Waals surface area contributed by atoms with E-state index in [-0.39, 0.29) is 0 Å². The van der Waals surface area contributed by atoms with Crippen LogP contribution < -0.4 is 10.2 Å². The molecule has 0 aliphatic carbocycles. The van der Waals surface area contributed by atoms with E-state index in [2.05, 4.69) is 10.3 Å². The van der Waals surface area contributed by atoms with Gasteiger partial charge in [-0.2, -0.15) is 0 Å². The van der Waals surface area contributed by atoms with Crippen molar-refractivity contribution in [1.29, 1.82) is 0 Å². The van der Waals surface area contributed by atoms with Crippen LogP contribution in [-0.2, 0) is 4.79 Å². The van der Waals surface area contributed by atoms with E-state index < -0.39 is 17.9 Å². The Labute approximate surface area is 106 Å². The molecule has 0 fully saturated rings. The fraction of sp³-hybridized carbons (Fsp3) is 0.417. The van der Waals surface area contributed by atoms with Gasteiger partial charge in [0.15, 0.2) is 0 Å². The lowest BCUT2D eigenvalue weighted by Crippen LogP contribution is -2.40. The van der Waals surface area contributed by atoms with Crippen molar-refractivity contribution >= 4 is 17.7 Å². The third kappa shape index (κ3) is 3.44. The van der Waals surface area contributed by atoms with Crippen LogP contribution in [0.4, 0.5) is 5.82 Å². The van der Waals surface area contributed by atoms with Crippen LogP contribution in [0.15, 0.2) is 18.3 Å². The maximum Gasteiger partial charge on any atom is 0.326 e. The summed E-state index contributed by atoms with van der Waals surface area (Å²) < 4.78 is 0. The summed E-state index contributed by atoms with van der Waals surface area (Å²) in [7, 11) is 3.63. The van der Waals surface area contributed by atoms with E-state index in [4.69, 9.17) is 5.11 Å². The summed E-state index contributed by atoms with van der Waals surface area (Å²) in [5, 5.41) is 11.3. The van der Waals surface area contributed by atoms with Gasteiger partial charge in [0.1, 0.15) is 11.9 Å². The first-order valence-corrected chi connectivity index (χ1v) is 5.62. The molecule has 1 rings (SSSR count). The van der Waals surface area contributed by atoms with Crippen molar-refractivity contribution in [2.24, 2.45) is 0 Å². The standard InChI is InChI=1S/C12H17N3O3/c1-4-9(12(17)18)14-11(16)8-5-6-13-10(7-8)15(2)3/h5-7,9H,4H2,1-3H3,(H,14,16)(H,17,18)/t9-/m0/s1. The number of hydrogen-bond acceptors (Lipinski definition) is 4. The summed E-state index contributed by atoms with van der Waals surface area (Å²) in [6.45, 7) is 1.71. The Morgan fingerprint density at radius 2 is 2.17 bits per heavy atom. The summed E-state index contributed by atoms with van der Waals surface area (Å²) in [5.74, 6) is -0.798. The second kappa shape index (κ2) is 6.00. The van der Waals surface area contributed by atoms with E-state index in [1.807, 2.05) is 14.1 Å². The Morgan fingerprint density at radius 1 is 1.50 bits per heavy atom. The number of carboxylic acid groups (broad SMARTS) is 1. The minimum absolute atomic E-state index is 0.340. The van der Waals surface area contributed by atoms with E-state index in [0.29, 0.717) is 17.8 Å². The van der Waals surface area contributed by atoms with Gasteiger partial charge in [-0.05, 0) is 18.6 Å². The lowest BCUT2D eigenvalue weighted by Gasteiger charge is -2.14. The third-order valence-electron chi connectivity index (χ3n) is 2.48. The monoisotopic (exact) mass is 251 g/mol. The zero-order chi connectivity index (χ0) is 13.7. The summed E-state index contributed by atoms with van der Waals surface area (Å²) in [5.41, 5.74) is 0.397. The average molecular weight is 251 g/mol. The first-order chi connectivity index (χ1) is 8.45. The number of aliphatic carboxylic acids is 1. The van der Waals surface area contributed by atoms with E-state index in [1.165, 1.54) is 6.20 Å². The topological polar surface area (TPSA) is 82.5 Å². The summed E-state index contributed by atoms with van der Waals surface area (Å²) in [6.07, 6.45) is 1.86. The molecular formula is C12H17N3O3. The molecule has 2 N–H and O–H groups in total. The van der Waals surface area contributed by atoms with Crippen LogP contribution in [0.5, 0.6) is 0 Å². The molecular weight excluding hydrogens is 234 g/mol. The maximum atomic E-state index is 11.9. The van der Waals surface area contributed by atoms with Crippen molar-refractivity contribution in [1.82, 2.24) is 10.3 Å². The van der Waals surface area contributed by atoms with Crippen LogP contribution in [-0.4, -0.2) is 42.1 Å². The van der Waals surface area contributed by atoms with Crippen molar-refractivity contribution in [3.63, 3.8) is 0 Å². The predicted octanol–water partition coefficient (Wildman–Crippen LogP) is 0.741. The largest absolute Gasteiger partial charge is 0.480 e. The van der Waals surface area contributed by atoms with Crippen molar-refractivity contribution in [2.75, 3.05) is 19.0 Å². The molecule has 18 heavy (non-hydrogen) atoms. The third-order valence-corrected chi connectivity index (χ3v) is 2.48. The molecule has 1 amide bonds. The second-order valence-electron chi connectivity index (χ2n) is 4.07. The number of nitrogens with zero attached hydrogens (tertiary/aromatic N) is 2. The molecule has 98 valence electrons. The van der Waals surface area contributed by atoms with Gasteiger partial charge in [0.25, 0.3) is 5.91 Å². The number of amides is 1. The molecule has 0 aromatic carbocycles. The number of nitrogens with one attached hydrogen (secondary N) is 1. The van der Waals surface area contributed by atoms with E-state index in [0.717, 1.165) is 0 Å². The molecule has 6 heteroatoms. The van der Waals surface area contributed by atoms with E-state index in [1.54, 1.807) is 24.0 Å². The quantitative estimate of drug-likeness (QED) is 0.806. The van der Waals surface area contributed by atoms with Crippen LogP contribution in [0.1, 0.15) is 23.7 Å². The van der Waals surface area contributed by atoms with Gasteiger partial charge in [0.05, 0.1) is 0 Å². The van der Waals surface area contributed by atoms with Gasteiger partial charge < -0.3 is 15.3 Å². The fourth-order valence-electron chi connectivity index (χ4n) is 1.38. The molecule has 0 radical (unpaired) electrons. The number of carboxylic acids is 1. The highest BCUT2D eigenvalue weighted by molar-refractivity contribution is 5.97. The Bertz CT molecular complexity index is 446. The van der Waals surface area contributed by atoms with Crippen molar-refractivity contribution in [3.8, 4) is 0 Å². The zero-order valence-electron chi connectivity index (χ0n) is 10.7. The van der Waals surface area contributed by atoms with Crippen molar-refractivity contribution < 1.29 is 14.7 Å². The molecule has 0 aliphatic rings. The molecule has 0 spiro atoms. The van der Waals surface area contributed by atoms with Gasteiger partial charge in [-0.1, -0.05) is 6.92 Å². The van der Waals surface area contributed by atoms with Gasteiger partial charge in [-0.3, -0.25) is 4.79 Å². The van der Waals surface area contributed by atoms with Crippen LogP contribution in [0.2, 0.25) is 0 Å². The molecule has 1 heterocycles. The summed E-state index contributed by atoms with van der Waals surface area (Å²) in [4.78, 5) is 28.6. The Kier molecular flexibility index (Phi) is 4.65. The fourth-order valence-corrected chi connectivity index (χ4v) is 1.38. The Hall–Kier alpha value is -2.11. The smallest absolute Gasteiger partial charge is 0.326 e. The van der Waals surface area contributed by atoms with Gasteiger partial charge in [-0.25, -0.2) is 9.78 Å². The van der Waals surface area contributed by atoms with E-state index in [9.17, 15) is 9.59 Å². The predicted molar refractivity (Wildman–Crippen MR) is 67.7 cm³/mol. The minimum Gasteiger partial charge on any atom is -0.480 e. The number of aromatic nitrogens is 1. The lowest BCUT2D eigenvalue weighted by molar-refractivity contribution is -0.139. The molecule has 0 saturated carbocycles. The van der Waals surface area contributed by atoms with Crippen molar-refractivity contribution in [2.45, 2.75) is 19.4 Å². The number of pyridine rings is 1. The van der Waals surface area contributed by atoms with E-state index >= 15 is 0 Å². The molecule has 0 saturated heterocycles. The number of anilines is 1. The van der Waals surface area contributed by atoms with Gasteiger partial charge in [0.2, 0.25) is 0 Å². The van der Waals surface area contributed by atoms with Gasteiger partial charge in [-0.15, -0.1) is 0 Å². The second-order valence-corrected chi connectivity index (χ2v) is 4.07. The zero-order valence-corrected chi connectivity index (χ0v) is 10.7. The lowest BCUT2D eigenvalue weighted by atomic mass is 10.2. The number of carbonyl (C=O) groups excluding carboxylic acids is 1.